The van der Waals surface area contributed by atoms with E-state index in [1.165, 1.54) is 6.07 Å². The maximum absolute atomic E-state index is 14.0. The molecule has 0 aliphatic heterocycles. The molecule has 4 atom stereocenters. The fourth-order valence-corrected chi connectivity index (χ4v) is 4.34. The highest BCUT2D eigenvalue weighted by Crippen LogP contribution is 2.47. The molecule has 126 valence electrons. The van der Waals surface area contributed by atoms with Gasteiger partial charge in [0.05, 0.1) is 12.7 Å². The van der Waals surface area contributed by atoms with Gasteiger partial charge in [-0.2, -0.15) is 0 Å². The van der Waals surface area contributed by atoms with E-state index in [4.69, 9.17) is 4.74 Å². The van der Waals surface area contributed by atoms with Crippen LogP contribution >= 0.6 is 0 Å². The molecule has 2 aliphatic rings. The topological polar surface area (TPSA) is 9.23 Å². The molecule has 4 unspecified atom stereocenters. The SMILES string of the molecule is C=CCOC1CCC2CC(c3ccc(F)c(F)c3F)CCC2C1. The molecule has 3 rings (SSSR count). The molecule has 1 aromatic rings. The normalized spacial score (nSPS) is 30.7. The Kier molecular flexibility index (Phi) is 5.10. The molecule has 2 saturated carbocycles. The third-order valence-corrected chi connectivity index (χ3v) is 5.52. The molecular weight excluding hydrogens is 301 g/mol. The first kappa shape index (κ1) is 16.6. The molecule has 0 saturated heterocycles. The van der Waals surface area contributed by atoms with E-state index in [1.54, 1.807) is 6.08 Å². The molecular formula is C19H23F3O. The molecule has 0 spiro atoms. The molecule has 23 heavy (non-hydrogen) atoms. The Hall–Kier alpha value is -1.29. The van der Waals surface area contributed by atoms with Gasteiger partial charge in [0.25, 0.3) is 0 Å². The van der Waals surface area contributed by atoms with Crippen molar-refractivity contribution in [3.8, 4) is 0 Å². The van der Waals surface area contributed by atoms with Crippen molar-refractivity contribution in [2.24, 2.45) is 11.8 Å². The summed E-state index contributed by atoms with van der Waals surface area (Å²) in [6, 6.07) is 2.46. The third-order valence-electron chi connectivity index (χ3n) is 5.52. The van der Waals surface area contributed by atoms with E-state index in [2.05, 4.69) is 6.58 Å². The average Bonchev–Trinajstić information content (AvgIpc) is 2.57. The quantitative estimate of drug-likeness (QED) is 0.535. The van der Waals surface area contributed by atoms with Crippen molar-refractivity contribution in [2.45, 2.75) is 50.5 Å². The van der Waals surface area contributed by atoms with Gasteiger partial charge < -0.3 is 4.74 Å². The van der Waals surface area contributed by atoms with Crippen LogP contribution in [0.1, 0.15) is 50.0 Å². The number of hydrogen-bond acceptors (Lipinski definition) is 1. The standard InChI is InChI=1S/C19H23F3O/c1-2-9-23-15-6-5-12-10-14(4-3-13(12)11-15)16-7-8-17(20)19(22)18(16)21/h2,7-8,12-15H,1,3-6,9-11H2. The van der Waals surface area contributed by atoms with Crippen molar-refractivity contribution >= 4 is 0 Å². The molecule has 0 N–H and O–H groups in total. The number of rotatable bonds is 4. The highest BCUT2D eigenvalue weighted by Gasteiger charge is 2.37. The van der Waals surface area contributed by atoms with E-state index in [9.17, 15) is 13.2 Å². The second-order valence-electron chi connectivity index (χ2n) is 6.85. The van der Waals surface area contributed by atoms with Gasteiger partial charge in [0.2, 0.25) is 0 Å². The van der Waals surface area contributed by atoms with Crippen LogP contribution in [-0.4, -0.2) is 12.7 Å². The maximum atomic E-state index is 14.0. The van der Waals surface area contributed by atoms with E-state index < -0.39 is 17.5 Å². The number of benzene rings is 1. The summed E-state index contributed by atoms with van der Waals surface area (Å²) in [6.45, 7) is 4.26. The second kappa shape index (κ2) is 7.08. The number of ether oxygens (including phenoxy) is 1. The molecule has 0 bridgehead atoms. The highest BCUT2D eigenvalue weighted by molar-refractivity contribution is 5.25. The van der Waals surface area contributed by atoms with Crippen LogP contribution < -0.4 is 0 Å². The number of hydrogen-bond donors (Lipinski definition) is 0. The number of halogens is 3. The average molecular weight is 324 g/mol. The number of fused-ring (bicyclic) bond motifs is 1. The fraction of sp³-hybridized carbons (Fsp3) is 0.579. The molecule has 0 radical (unpaired) electrons. The van der Waals surface area contributed by atoms with E-state index in [0.29, 0.717) is 30.1 Å². The first-order valence-corrected chi connectivity index (χ1v) is 8.46. The second-order valence-corrected chi connectivity index (χ2v) is 6.85. The molecule has 0 heterocycles. The predicted octanol–water partition coefficient (Wildman–Crippen LogP) is 5.36. The lowest BCUT2D eigenvalue weighted by molar-refractivity contribution is -0.00327. The van der Waals surface area contributed by atoms with Crippen molar-refractivity contribution in [1.82, 2.24) is 0 Å². The summed E-state index contributed by atoms with van der Waals surface area (Å²) >= 11 is 0. The lowest BCUT2D eigenvalue weighted by Crippen LogP contribution is -2.34. The van der Waals surface area contributed by atoms with Crippen molar-refractivity contribution in [3.63, 3.8) is 0 Å². The highest BCUT2D eigenvalue weighted by atomic mass is 19.2. The Morgan fingerprint density at radius 1 is 1.00 bits per heavy atom. The summed E-state index contributed by atoms with van der Waals surface area (Å²) in [6.07, 6.45) is 7.89. The molecule has 2 fully saturated rings. The molecule has 0 amide bonds. The van der Waals surface area contributed by atoms with Gasteiger partial charge in [0, 0.05) is 0 Å². The van der Waals surface area contributed by atoms with Gasteiger partial charge in [0.15, 0.2) is 17.5 Å². The first-order chi connectivity index (χ1) is 11.1. The van der Waals surface area contributed by atoms with Crippen LogP contribution in [0.4, 0.5) is 13.2 Å². The fourth-order valence-electron chi connectivity index (χ4n) is 4.34. The van der Waals surface area contributed by atoms with E-state index in [-0.39, 0.29) is 5.92 Å². The summed E-state index contributed by atoms with van der Waals surface area (Å²) < 4.78 is 46.4. The monoisotopic (exact) mass is 324 g/mol. The Balaban J connectivity index is 1.66. The van der Waals surface area contributed by atoms with Gasteiger partial charge in [0.1, 0.15) is 0 Å². The van der Waals surface area contributed by atoms with Gasteiger partial charge in [-0.05, 0) is 67.9 Å². The summed E-state index contributed by atoms with van der Waals surface area (Å²) in [5.74, 6) is -2.33. The minimum Gasteiger partial charge on any atom is -0.374 e. The first-order valence-electron chi connectivity index (χ1n) is 8.46. The summed E-state index contributed by atoms with van der Waals surface area (Å²) in [5.41, 5.74) is 0.340. The molecule has 0 aromatic heterocycles. The van der Waals surface area contributed by atoms with Gasteiger partial charge in [-0.3, -0.25) is 0 Å². The lowest BCUT2D eigenvalue weighted by Gasteiger charge is -2.42. The van der Waals surface area contributed by atoms with Gasteiger partial charge in [-0.25, -0.2) is 13.2 Å². The Morgan fingerprint density at radius 3 is 2.52 bits per heavy atom. The summed E-state index contributed by atoms with van der Waals surface area (Å²) in [5, 5.41) is 0. The molecule has 2 aliphatic carbocycles. The zero-order valence-electron chi connectivity index (χ0n) is 13.2. The van der Waals surface area contributed by atoms with Crippen molar-refractivity contribution in [1.29, 1.82) is 0 Å². The largest absolute Gasteiger partial charge is 0.374 e. The van der Waals surface area contributed by atoms with Crippen LogP contribution in [-0.2, 0) is 4.74 Å². The van der Waals surface area contributed by atoms with E-state index in [0.717, 1.165) is 44.6 Å². The summed E-state index contributed by atoms with van der Waals surface area (Å²) in [4.78, 5) is 0. The van der Waals surface area contributed by atoms with Crippen LogP contribution in [0.25, 0.3) is 0 Å². The third kappa shape index (κ3) is 3.47. The minimum absolute atomic E-state index is 0.00278. The van der Waals surface area contributed by atoms with Crippen LogP contribution in [0, 0.1) is 29.3 Å². The predicted molar refractivity (Wildman–Crippen MR) is 83.7 cm³/mol. The van der Waals surface area contributed by atoms with Crippen molar-refractivity contribution in [3.05, 3.63) is 47.8 Å². The van der Waals surface area contributed by atoms with Crippen LogP contribution in [0.3, 0.4) is 0 Å². The van der Waals surface area contributed by atoms with Crippen LogP contribution in [0.5, 0.6) is 0 Å². The maximum Gasteiger partial charge on any atom is 0.194 e. The zero-order valence-corrected chi connectivity index (χ0v) is 13.2. The Bertz CT molecular complexity index is 572. The molecule has 4 heteroatoms. The smallest absolute Gasteiger partial charge is 0.194 e. The van der Waals surface area contributed by atoms with E-state index in [1.807, 2.05) is 0 Å². The van der Waals surface area contributed by atoms with Crippen molar-refractivity contribution < 1.29 is 17.9 Å². The van der Waals surface area contributed by atoms with Gasteiger partial charge in [-0.1, -0.05) is 12.1 Å². The summed E-state index contributed by atoms with van der Waals surface area (Å²) in [7, 11) is 0. The zero-order chi connectivity index (χ0) is 16.4. The lowest BCUT2D eigenvalue weighted by atomic mass is 9.65. The van der Waals surface area contributed by atoms with Crippen molar-refractivity contribution in [2.75, 3.05) is 6.61 Å². The van der Waals surface area contributed by atoms with Gasteiger partial charge in [-0.15, -0.1) is 6.58 Å². The Labute approximate surface area is 135 Å². The molecule has 1 aromatic carbocycles. The Morgan fingerprint density at radius 2 is 1.74 bits per heavy atom. The van der Waals surface area contributed by atoms with Crippen LogP contribution in [0.2, 0.25) is 0 Å². The molecule has 1 nitrogen and oxygen atoms in total. The van der Waals surface area contributed by atoms with E-state index >= 15 is 0 Å². The van der Waals surface area contributed by atoms with Gasteiger partial charge >= 0.3 is 0 Å². The minimum atomic E-state index is -1.34. The van der Waals surface area contributed by atoms with Crippen LogP contribution in [0.15, 0.2) is 24.8 Å².